The maximum Gasteiger partial charge on any atom is 0.430 e. The van der Waals surface area contributed by atoms with Crippen LogP contribution < -0.4 is 5.32 Å². The van der Waals surface area contributed by atoms with Gasteiger partial charge < -0.3 is 15.2 Å². The molecule has 0 aliphatic rings. The molecule has 1 amide bonds. The van der Waals surface area contributed by atoms with Gasteiger partial charge in [0.2, 0.25) is 0 Å². The zero-order valence-corrected chi connectivity index (χ0v) is 13.5. The van der Waals surface area contributed by atoms with Crippen LogP contribution in [-0.4, -0.2) is 30.9 Å². The standard InChI is InChI=1S/C18H18F3NO3/c1-25-17(18(19,20)21,14-10-6-3-7-11-14)16(24)22-15(12-23)13-8-4-2-5-9-13/h2-11,15,23H,12H2,1H3,(H,22,24)/t15-,17-/m0/s1. The van der Waals surface area contributed by atoms with E-state index in [0.29, 0.717) is 5.56 Å². The van der Waals surface area contributed by atoms with Crippen LogP contribution in [0.3, 0.4) is 0 Å². The van der Waals surface area contributed by atoms with E-state index in [4.69, 9.17) is 4.74 Å². The quantitative estimate of drug-likeness (QED) is 0.840. The molecule has 0 aromatic heterocycles. The molecule has 0 heterocycles. The molecule has 0 unspecified atom stereocenters. The lowest BCUT2D eigenvalue weighted by molar-refractivity contribution is -0.266. The monoisotopic (exact) mass is 353 g/mol. The van der Waals surface area contributed by atoms with Gasteiger partial charge in [0.15, 0.2) is 0 Å². The Kier molecular flexibility index (Phi) is 5.81. The third kappa shape index (κ3) is 3.67. The summed E-state index contributed by atoms with van der Waals surface area (Å²) in [5, 5.41) is 11.7. The predicted molar refractivity (Wildman–Crippen MR) is 85.6 cm³/mol. The first-order chi connectivity index (χ1) is 11.9. The van der Waals surface area contributed by atoms with Gasteiger partial charge in [-0.2, -0.15) is 13.2 Å². The number of alkyl halides is 3. The van der Waals surface area contributed by atoms with Crippen molar-refractivity contribution in [2.75, 3.05) is 13.7 Å². The van der Waals surface area contributed by atoms with E-state index >= 15 is 0 Å². The molecule has 0 radical (unpaired) electrons. The van der Waals surface area contributed by atoms with Crippen molar-refractivity contribution in [2.45, 2.75) is 17.8 Å². The fraction of sp³-hybridized carbons (Fsp3) is 0.278. The molecule has 7 heteroatoms. The molecule has 0 bridgehead atoms. The van der Waals surface area contributed by atoms with Crippen molar-refractivity contribution in [2.24, 2.45) is 0 Å². The van der Waals surface area contributed by atoms with E-state index in [1.54, 1.807) is 36.4 Å². The summed E-state index contributed by atoms with van der Waals surface area (Å²) < 4.78 is 46.2. The van der Waals surface area contributed by atoms with Crippen molar-refractivity contribution in [3.8, 4) is 0 Å². The second-order valence-electron chi connectivity index (χ2n) is 5.37. The van der Waals surface area contributed by atoms with Crippen molar-refractivity contribution in [3.05, 3.63) is 71.8 Å². The van der Waals surface area contributed by atoms with Gasteiger partial charge in [-0.3, -0.25) is 4.79 Å². The highest BCUT2D eigenvalue weighted by molar-refractivity contribution is 5.88. The molecule has 2 aromatic rings. The van der Waals surface area contributed by atoms with Crippen LogP contribution in [-0.2, 0) is 15.1 Å². The molecule has 0 fully saturated rings. The summed E-state index contributed by atoms with van der Waals surface area (Å²) in [6.07, 6.45) is -5.00. The highest BCUT2D eigenvalue weighted by atomic mass is 19.4. The Morgan fingerprint density at radius 1 is 1.08 bits per heavy atom. The lowest BCUT2D eigenvalue weighted by atomic mass is 9.91. The zero-order chi connectivity index (χ0) is 18.5. The Bertz CT molecular complexity index is 692. The summed E-state index contributed by atoms with van der Waals surface area (Å²) in [6.45, 7) is -0.553. The van der Waals surface area contributed by atoms with Crippen LogP contribution >= 0.6 is 0 Å². The van der Waals surface area contributed by atoms with E-state index in [1.807, 2.05) is 0 Å². The van der Waals surface area contributed by atoms with Gasteiger partial charge in [-0.15, -0.1) is 0 Å². The van der Waals surface area contributed by atoms with E-state index in [2.05, 4.69) is 5.32 Å². The van der Waals surface area contributed by atoms with Crippen LogP contribution in [0.25, 0.3) is 0 Å². The number of nitrogens with one attached hydrogen (secondary N) is 1. The first-order valence-electron chi connectivity index (χ1n) is 7.51. The summed E-state index contributed by atoms with van der Waals surface area (Å²) >= 11 is 0. The Morgan fingerprint density at radius 3 is 2.04 bits per heavy atom. The van der Waals surface area contributed by atoms with Crippen LogP contribution in [0.4, 0.5) is 13.2 Å². The minimum Gasteiger partial charge on any atom is -0.394 e. The Balaban J connectivity index is 2.43. The molecule has 0 aliphatic carbocycles. The third-order valence-electron chi connectivity index (χ3n) is 3.90. The zero-order valence-electron chi connectivity index (χ0n) is 13.5. The van der Waals surface area contributed by atoms with Crippen LogP contribution in [0.1, 0.15) is 17.2 Å². The molecule has 4 nitrogen and oxygen atoms in total. The third-order valence-corrected chi connectivity index (χ3v) is 3.90. The smallest absolute Gasteiger partial charge is 0.394 e. The minimum atomic E-state index is -5.00. The molecular weight excluding hydrogens is 335 g/mol. The molecule has 0 saturated heterocycles. The molecule has 2 N–H and O–H groups in total. The largest absolute Gasteiger partial charge is 0.430 e. The summed E-state index contributed by atoms with van der Waals surface area (Å²) in [7, 11) is 0.830. The highest BCUT2D eigenvalue weighted by Crippen LogP contribution is 2.42. The number of ether oxygens (including phenoxy) is 1. The van der Waals surface area contributed by atoms with Gasteiger partial charge in [0, 0.05) is 12.7 Å². The van der Waals surface area contributed by atoms with Gasteiger partial charge in [0.05, 0.1) is 12.6 Å². The number of benzene rings is 2. The lowest BCUT2D eigenvalue weighted by Crippen LogP contribution is -2.56. The number of aliphatic hydroxyl groups is 1. The highest BCUT2D eigenvalue weighted by Gasteiger charge is 2.62. The maximum absolute atomic E-state index is 13.8. The fourth-order valence-corrected chi connectivity index (χ4v) is 2.60. The van der Waals surface area contributed by atoms with Gasteiger partial charge in [-0.25, -0.2) is 0 Å². The number of aliphatic hydroxyl groups excluding tert-OH is 1. The predicted octanol–water partition coefficient (Wildman–Crippen LogP) is 2.94. The summed E-state index contributed by atoms with van der Waals surface area (Å²) in [5.41, 5.74) is -3.03. The Morgan fingerprint density at radius 2 is 1.60 bits per heavy atom. The maximum atomic E-state index is 13.8. The Labute approximate surface area is 143 Å². The van der Waals surface area contributed by atoms with Crippen LogP contribution in [0.2, 0.25) is 0 Å². The van der Waals surface area contributed by atoms with E-state index < -0.39 is 30.3 Å². The summed E-state index contributed by atoms with van der Waals surface area (Å²) in [5.74, 6) is -1.39. The van der Waals surface area contributed by atoms with Crippen molar-refractivity contribution in [1.29, 1.82) is 0 Å². The molecule has 2 aromatic carbocycles. The van der Waals surface area contributed by atoms with Crippen molar-refractivity contribution in [1.82, 2.24) is 5.32 Å². The minimum absolute atomic E-state index is 0.341. The molecular formula is C18H18F3NO3. The molecule has 0 spiro atoms. The van der Waals surface area contributed by atoms with Gasteiger partial charge in [0.25, 0.3) is 11.5 Å². The normalized spacial score (nSPS) is 15.2. The Hall–Kier alpha value is -2.38. The number of carbonyl (C=O) groups excluding carboxylic acids is 1. The van der Waals surface area contributed by atoms with Crippen molar-refractivity contribution in [3.63, 3.8) is 0 Å². The molecule has 2 rings (SSSR count). The molecule has 2 atom stereocenters. The average molecular weight is 353 g/mol. The number of hydrogen-bond donors (Lipinski definition) is 2. The van der Waals surface area contributed by atoms with Crippen molar-refractivity contribution >= 4 is 5.91 Å². The summed E-state index contributed by atoms with van der Waals surface area (Å²) in [6, 6.07) is 13.9. The fourth-order valence-electron chi connectivity index (χ4n) is 2.60. The molecule has 25 heavy (non-hydrogen) atoms. The number of hydrogen-bond acceptors (Lipinski definition) is 3. The lowest BCUT2D eigenvalue weighted by Gasteiger charge is -2.34. The summed E-state index contributed by atoms with van der Waals surface area (Å²) in [4.78, 5) is 12.6. The van der Waals surface area contributed by atoms with E-state index in [0.717, 1.165) is 7.11 Å². The second-order valence-corrected chi connectivity index (χ2v) is 5.37. The van der Waals surface area contributed by atoms with Crippen LogP contribution in [0.5, 0.6) is 0 Å². The first-order valence-corrected chi connectivity index (χ1v) is 7.51. The van der Waals surface area contributed by atoms with E-state index in [1.165, 1.54) is 24.3 Å². The van der Waals surface area contributed by atoms with Gasteiger partial charge in [-0.1, -0.05) is 60.7 Å². The number of carbonyl (C=O) groups is 1. The topological polar surface area (TPSA) is 58.6 Å². The van der Waals surface area contributed by atoms with Crippen LogP contribution in [0.15, 0.2) is 60.7 Å². The van der Waals surface area contributed by atoms with Gasteiger partial charge >= 0.3 is 6.18 Å². The number of halogens is 3. The SMILES string of the molecule is CO[C@](C(=O)N[C@@H](CO)c1ccccc1)(c1ccccc1)C(F)(F)F. The first kappa shape index (κ1) is 19.0. The number of amides is 1. The van der Waals surface area contributed by atoms with Crippen LogP contribution in [0, 0.1) is 0 Å². The van der Waals surface area contributed by atoms with E-state index in [9.17, 15) is 23.1 Å². The molecule has 0 saturated carbocycles. The van der Waals surface area contributed by atoms with Gasteiger partial charge in [0.1, 0.15) is 0 Å². The average Bonchev–Trinajstić information content (AvgIpc) is 2.61. The van der Waals surface area contributed by atoms with Crippen molar-refractivity contribution < 1.29 is 27.8 Å². The molecule has 134 valence electrons. The van der Waals surface area contributed by atoms with Gasteiger partial charge in [-0.05, 0) is 5.56 Å². The second kappa shape index (κ2) is 7.67. The number of rotatable bonds is 6. The van der Waals surface area contributed by atoms with E-state index in [-0.39, 0.29) is 5.56 Å². The molecule has 0 aliphatic heterocycles. The number of methoxy groups -OCH3 is 1.